The normalized spacial score (nSPS) is 11.7. The number of nitrogens with zero attached hydrogens (tertiary/aromatic N) is 1. The van der Waals surface area contributed by atoms with Crippen LogP contribution in [0, 0.1) is 0 Å². The smallest absolute Gasteiger partial charge is 0.381 e. The second-order valence-electron chi connectivity index (χ2n) is 4.80. The van der Waals surface area contributed by atoms with Crippen molar-refractivity contribution in [3.63, 3.8) is 0 Å². The first-order valence-corrected chi connectivity index (χ1v) is 7.03. The van der Waals surface area contributed by atoms with Crippen LogP contribution in [0.2, 0.25) is 5.02 Å². The van der Waals surface area contributed by atoms with Gasteiger partial charge < -0.3 is 9.88 Å². The number of hydrogen-bond acceptors (Lipinski definition) is 1. The molecule has 0 amide bonds. The summed E-state index contributed by atoms with van der Waals surface area (Å²) < 4.78 is 40.3. The van der Waals surface area contributed by atoms with E-state index in [2.05, 4.69) is 16.8 Å². The highest BCUT2D eigenvalue weighted by Gasteiger charge is 2.33. The molecule has 2 nitrogen and oxygen atoms in total. The van der Waals surface area contributed by atoms with Crippen molar-refractivity contribution in [2.75, 3.05) is 5.32 Å². The van der Waals surface area contributed by atoms with Crippen LogP contribution in [-0.2, 0) is 19.3 Å². The van der Waals surface area contributed by atoms with Crippen LogP contribution in [-0.4, -0.2) is 4.57 Å². The molecule has 21 heavy (non-hydrogen) atoms. The number of benzene rings is 1. The first-order chi connectivity index (χ1) is 9.90. The summed E-state index contributed by atoms with van der Waals surface area (Å²) in [6, 6.07) is 5.78. The Hall–Kier alpha value is -1.62. The number of nitrogens with one attached hydrogen (secondary N) is 1. The van der Waals surface area contributed by atoms with Gasteiger partial charge in [0.2, 0.25) is 0 Å². The Balaban J connectivity index is 2.06. The monoisotopic (exact) mass is 316 g/mol. The summed E-state index contributed by atoms with van der Waals surface area (Å²) in [5, 5.41) is 2.69. The molecular formula is C15H16ClF3N2. The Morgan fingerprint density at radius 1 is 1.24 bits per heavy atom. The molecule has 0 unspecified atom stereocenters. The molecule has 0 aliphatic carbocycles. The van der Waals surface area contributed by atoms with Crippen LogP contribution in [0.3, 0.4) is 0 Å². The highest BCUT2D eigenvalue weighted by molar-refractivity contribution is 6.31. The fourth-order valence-electron chi connectivity index (χ4n) is 2.05. The van der Waals surface area contributed by atoms with Crippen molar-refractivity contribution >= 4 is 17.3 Å². The zero-order chi connectivity index (χ0) is 15.5. The van der Waals surface area contributed by atoms with E-state index >= 15 is 0 Å². The number of halogens is 4. The Bertz CT molecular complexity index is 605. The van der Waals surface area contributed by atoms with Crippen molar-refractivity contribution in [3.05, 3.63) is 52.8 Å². The maximum atomic E-state index is 12.8. The van der Waals surface area contributed by atoms with E-state index in [1.54, 1.807) is 6.07 Å². The first-order valence-electron chi connectivity index (χ1n) is 6.65. The van der Waals surface area contributed by atoms with Gasteiger partial charge >= 0.3 is 6.18 Å². The molecule has 0 aliphatic rings. The maximum absolute atomic E-state index is 12.8. The van der Waals surface area contributed by atoms with Gasteiger partial charge in [-0.3, -0.25) is 0 Å². The summed E-state index contributed by atoms with van der Waals surface area (Å²) in [6.07, 6.45) is 0.535. The van der Waals surface area contributed by atoms with Crippen LogP contribution in [0.5, 0.6) is 0 Å². The summed E-state index contributed by atoms with van der Waals surface area (Å²) in [7, 11) is 0. The highest BCUT2D eigenvalue weighted by atomic mass is 35.5. The van der Waals surface area contributed by atoms with Crippen molar-refractivity contribution < 1.29 is 13.2 Å². The molecule has 2 aromatic rings. The lowest BCUT2D eigenvalue weighted by atomic mass is 10.2. The Morgan fingerprint density at radius 3 is 2.67 bits per heavy atom. The molecule has 1 aromatic carbocycles. The first kappa shape index (κ1) is 15.8. The largest absolute Gasteiger partial charge is 0.417 e. The van der Waals surface area contributed by atoms with Gasteiger partial charge in [-0.1, -0.05) is 18.5 Å². The molecule has 1 aromatic heterocycles. The van der Waals surface area contributed by atoms with Crippen LogP contribution in [0.25, 0.3) is 0 Å². The third-order valence-corrected chi connectivity index (χ3v) is 3.39. The van der Waals surface area contributed by atoms with Crippen molar-refractivity contribution in [2.24, 2.45) is 0 Å². The van der Waals surface area contributed by atoms with Crippen LogP contribution in [0.1, 0.15) is 24.5 Å². The van der Waals surface area contributed by atoms with Gasteiger partial charge in [0.05, 0.1) is 10.6 Å². The van der Waals surface area contributed by atoms with E-state index in [1.807, 2.05) is 18.5 Å². The molecule has 0 aliphatic heterocycles. The number of aromatic nitrogens is 1. The van der Waals surface area contributed by atoms with E-state index in [0.29, 0.717) is 12.2 Å². The van der Waals surface area contributed by atoms with Gasteiger partial charge in [-0.05, 0) is 36.2 Å². The average Bonchev–Trinajstić information content (AvgIpc) is 2.85. The van der Waals surface area contributed by atoms with Crippen molar-refractivity contribution in [3.8, 4) is 0 Å². The summed E-state index contributed by atoms with van der Waals surface area (Å²) in [6.45, 7) is 3.49. The molecule has 0 atom stereocenters. The lowest BCUT2D eigenvalue weighted by Gasteiger charge is -2.12. The van der Waals surface area contributed by atoms with Gasteiger partial charge in [0.15, 0.2) is 0 Å². The summed E-state index contributed by atoms with van der Waals surface area (Å²) in [5.41, 5.74) is 0.597. The summed E-state index contributed by atoms with van der Waals surface area (Å²) >= 11 is 5.59. The van der Waals surface area contributed by atoms with E-state index in [0.717, 1.165) is 24.6 Å². The SMILES string of the molecule is CCCn1ccc(CNc2ccc(Cl)c(C(F)(F)F)c2)c1. The lowest BCUT2D eigenvalue weighted by Crippen LogP contribution is -2.07. The molecule has 1 N–H and O–H groups in total. The van der Waals surface area contributed by atoms with Crippen molar-refractivity contribution in [2.45, 2.75) is 32.6 Å². The van der Waals surface area contributed by atoms with E-state index < -0.39 is 11.7 Å². The molecule has 0 fully saturated rings. The molecular weight excluding hydrogens is 301 g/mol. The molecule has 0 bridgehead atoms. The minimum atomic E-state index is -4.45. The van der Waals surface area contributed by atoms with Crippen molar-refractivity contribution in [1.29, 1.82) is 0 Å². The van der Waals surface area contributed by atoms with Crippen molar-refractivity contribution in [1.82, 2.24) is 4.57 Å². The second kappa shape index (κ2) is 6.43. The average molecular weight is 317 g/mol. The predicted molar refractivity (Wildman–Crippen MR) is 78.5 cm³/mol. The molecule has 0 saturated heterocycles. The van der Waals surface area contributed by atoms with E-state index in [1.165, 1.54) is 6.07 Å². The van der Waals surface area contributed by atoms with Crippen LogP contribution in [0.4, 0.5) is 18.9 Å². The fraction of sp³-hybridized carbons (Fsp3) is 0.333. The minimum Gasteiger partial charge on any atom is -0.381 e. The lowest BCUT2D eigenvalue weighted by molar-refractivity contribution is -0.137. The number of anilines is 1. The summed E-state index contributed by atoms with van der Waals surface area (Å²) in [5.74, 6) is 0. The zero-order valence-corrected chi connectivity index (χ0v) is 12.3. The number of alkyl halides is 3. The maximum Gasteiger partial charge on any atom is 0.417 e. The molecule has 6 heteroatoms. The highest BCUT2D eigenvalue weighted by Crippen LogP contribution is 2.36. The standard InChI is InChI=1S/C15H16ClF3N2/c1-2-6-21-7-5-11(10-21)9-20-12-3-4-14(16)13(8-12)15(17,18)19/h3-5,7-8,10,20H,2,6,9H2,1H3. The zero-order valence-electron chi connectivity index (χ0n) is 11.5. The molecule has 0 saturated carbocycles. The van der Waals surface area contributed by atoms with Gasteiger partial charge in [-0.25, -0.2) is 0 Å². The third kappa shape index (κ3) is 4.17. The van der Waals surface area contributed by atoms with Crippen LogP contribution in [0.15, 0.2) is 36.7 Å². The Morgan fingerprint density at radius 2 is 2.00 bits per heavy atom. The van der Waals surface area contributed by atoms with Gasteiger partial charge in [0, 0.05) is 31.2 Å². The minimum absolute atomic E-state index is 0.290. The number of aryl methyl sites for hydroxylation is 1. The van der Waals surface area contributed by atoms with Gasteiger partial charge in [-0.2, -0.15) is 13.2 Å². The Labute approximate surface area is 126 Å². The quantitative estimate of drug-likeness (QED) is 0.804. The fourth-order valence-corrected chi connectivity index (χ4v) is 2.27. The van der Waals surface area contributed by atoms with E-state index in [4.69, 9.17) is 11.6 Å². The van der Waals surface area contributed by atoms with Gasteiger partial charge in [0.25, 0.3) is 0 Å². The number of rotatable bonds is 5. The topological polar surface area (TPSA) is 17.0 Å². The predicted octanol–water partition coefficient (Wildman–Crippen LogP) is 5.18. The van der Waals surface area contributed by atoms with Gasteiger partial charge in [-0.15, -0.1) is 0 Å². The molecule has 1 heterocycles. The third-order valence-electron chi connectivity index (χ3n) is 3.06. The number of hydrogen-bond donors (Lipinski definition) is 1. The van der Waals surface area contributed by atoms with Crippen LogP contribution < -0.4 is 5.32 Å². The second-order valence-corrected chi connectivity index (χ2v) is 5.21. The molecule has 0 spiro atoms. The van der Waals surface area contributed by atoms with Gasteiger partial charge in [0.1, 0.15) is 0 Å². The summed E-state index contributed by atoms with van der Waals surface area (Å²) in [4.78, 5) is 0. The van der Waals surface area contributed by atoms with Crippen LogP contribution >= 0.6 is 11.6 Å². The van der Waals surface area contributed by atoms with E-state index in [9.17, 15) is 13.2 Å². The molecule has 2 rings (SSSR count). The molecule has 114 valence electrons. The van der Waals surface area contributed by atoms with E-state index in [-0.39, 0.29) is 5.02 Å². The molecule has 0 radical (unpaired) electrons. The Kier molecular flexibility index (Phi) is 4.83.